The minimum atomic E-state index is -1.17. The molecule has 4 nitrogen and oxygen atoms in total. The molecule has 148 valence electrons. The van der Waals surface area contributed by atoms with Gasteiger partial charge in [-0.15, -0.1) is 0 Å². The summed E-state index contributed by atoms with van der Waals surface area (Å²) in [5.41, 5.74) is 2.29. The summed E-state index contributed by atoms with van der Waals surface area (Å²) in [7, 11) is 0. The summed E-state index contributed by atoms with van der Waals surface area (Å²) in [6.07, 6.45) is 1.65. The lowest BCUT2D eigenvalue weighted by Crippen LogP contribution is -2.29. The molecule has 3 aromatic carbocycles. The summed E-state index contributed by atoms with van der Waals surface area (Å²) >= 11 is 6.42. The average Bonchev–Trinajstić information content (AvgIpc) is 2.74. The van der Waals surface area contributed by atoms with E-state index in [1.165, 1.54) is 0 Å². The third-order valence-corrected chi connectivity index (χ3v) is 5.16. The zero-order valence-electron chi connectivity index (χ0n) is 16.1. The van der Waals surface area contributed by atoms with E-state index in [2.05, 4.69) is 5.32 Å². The number of aromatic carboxylic acids is 1. The number of benzene rings is 3. The number of halogens is 1. The van der Waals surface area contributed by atoms with Gasteiger partial charge < -0.3 is 10.4 Å². The molecule has 3 rings (SSSR count). The van der Waals surface area contributed by atoms with Gasteiger partial charge in [0, 0.05) is 0 Å². The second-order valence-corrected chi connectivity index (χ2v) is 7.12. The first kappa shape index (κ1) is 20.6. The first-order chi connectivity index (χ1) is 14.0. The second-order valence-electron chi connectivity index (χ2n) is 6.75. The van der Waals surface area contributed by atoms with Gasteiger partial charge in [-0.05, 0) is 29.2 Å². The molecule has 0 fully saturated rings. The summed E-state index contributed by atoms with van der Waals surface area (Å²) < 4.78 is 0. The van der Waals surface area contributed by atoms with Crippen LogP contribution in [0.2, 0.25) is 5.02 Å². The number of hydrogen-bond donors (Lipinski definition) is 2. The maximum atomic E-state index is 13.0. The zero-order valence-corrected chi connectivity index (χ0v) is 16.8. The molecule has 0 aliphatic rings. The van der Waals surface area contributed by atoms with E-state index in [0.29, 0.717) is 5.56 Å². The Morgan fingerprint density at radius 3 is 2.17 bits per heavy atom. The molecular formula is C24H22ClNO3. The third-order valence-electron chi connectivity index (χ3n) is 4.77. The van der Waals surface area contributed by atoms with Crippen molar-refractivity contribution >= 4 is 23.5 Å². The molecule has 0 heterocycles. The van der Waals surface area contributed by atoms with Gasteiger partial charge in [0.05, 0.1) is 22.2 Å². The van der Waals surface area contributed by atoms with Crippen molar-refractivity contribution in [3.05, 3.63) is 94.5 Å². The van der Waals surface area contributed by atoms with Crippen molar-refractivity contribution in [3.8, 4) is 11.1 Å². The van der Waals surface area contributed by atoms with Crippen LogP contribution in [-0.2, 0) is 0 Å². The van der Waals surface area contributed by atoms with Crippen LogP contribution >= 0.6 is 11.6 Å². The summed E-state index contributed by atoms with van der Waals surface area (Å²) in [6, 6.07) is 21.9. The first-order valence-electron chi connectivity index (χ1n) is 9.50. The van der Waals surface area contributed by atoms with Gasteiger partial charge in [0.1, 0.15) is 0 Å². The molecular weight excluding hydrogens is 386 g/mol. The first-order valence-corrected chi connectivity index (χ1v) is 9.87. The summed E-state index contributed by atoms with van der Waals surface area (Å²) in [6.45, 7) is 2.05. The van der Waals surface area contributed by atoms with E-state index in [1.54, 1.807) is 12.1 Å². The monoisotopic (exact) mass is 407 g/mol. The lowest BCUT2D eigenvalue weighted by Gasteiger charge is -2.20. The Labute approximate surface area is 175 Å². The van der Waals surface area contributed by atoms with Crippen LogP contribution in [0.4, 0.5) is 0 Å². The third kappa shape index (κ3) is 4.66. The van der Waals surface area contributed by atoms with Crippen LogP contribution in [0.3, 0.4) is 0 Å². The Bertz CT molecular complexity index is 1000. The summed E-state index contributed by atoms with van der Waals surface area (Å²) in [5, 5.41) is 12.7. The van der Waals surface area contributed by atoms with Crippen LogP contribution in [0, 0.1) is 0 Å². The van der Waals surface area contributed by atoms with E-state index >= 15 is 0 Å². The van der Waals surface area contributed by atoms with E-state index in [9.17, 15) is 14.7 Å². The van der Waals surface area contributed by atoms with E-state index in [1.807, 2.05) is 67.6 Å². The minimum absolute atomic E-state index is 0.0559. The highest BCUT2D eigenvalue weighted by Crippen LogP contribution is 2.32. The van der Waals surface area contributed by atoms with Crippen molar-refractivity contribution in [3.63, 3.8) is 0 Å². The number of carbonyl (C=O) groups excluding carboxylic acids is 1. The van der Waals surface area contributed by atoms with Crippen molar-refractivity contribution < 1.29 is 14.7 Å². The Morgan fingerprint density at radius 2 is 1.59 bits per heavy atom. The standard InChI is InChI=1S/C24H22ClNO3/c1-2-9-20(17-12-7-4-8-13-17)26-23(27)19-15-14-18(16-10-5-3-6-11-16)21(22(19)25)24(28)29/h3-8,10-15,20H,2,9H2,1H3,(H,26,27)(H,28,29)/t20-/m1/s1. The topological polar surface area (TPSA) is 66.4 Å². The van der Waals surface area contributed by atoms with Crippen molar-refractivity contribution in [2.45, 2.75) is 25.8 Å². The number of carbonyl (C=O) groups is 2. The Balaban J connectivity index is 1.97. The highest BCUT2D eigenvalue weighted by Gasteiger charge is 2.23. The van der Waals surface area contributed by atoms with Crippen LogP contribution in [0.1, 0.15) is 52.1 Å². The second kappa shape index (κ2) is 9.39. The highest BCUT2D eigenvalue weighted by atomic mass is 35.5. The van der Waals surface area contributed by atoms with Gasteiger partial charge in [0.2, 0.25) is 0 Å². The fraction of sp³-hybridized carbons (Fsp3) is 0.167. The SMILES string of the molecule is CCC[C@@H](NC(=O)c1ccc(-c2ccccc2)c(C(=O)O)c1Cl)c1ccccc1. The molecule has 1 amide bonds. The number of nitrogens with one attached hydrogen (secondary N) is 1. The number of carboxylic acids is 1. The van der Waals surface area contributed by atoms with Crippen molar-refractivity contribution in [1.29, 1.82) is 0 Å². The molecule has 1 atom stereocenters. The van der Waals surface area contributed by atoms with Gasteiger partial charge in [-0.25, -0.2) is 4.79 Å². The molecule has 0 bridgehead atoms. The van der Waals surface area contributed by atoms with E-state index in [0.717, 1.165) is 24.0 Å². The molecule has 3 aromatic rings. The van der Waals surface area contributed by atoms with Crippen molar-refractivity contribution in [1.82, 2.24) is 5.32 Å². The zero-order chi connectivity index (χ0) is 20.8. The molecule has 0 saturated carbocycles. The largest absolute Gasteiger partial charge is 0.478 e. The van der Waals surface area contributed by atoms with Gasteiger partial charge in [-0.3, -0.25) is 4.79 Å². The molecule has 0 saturated heterocycles. The van der Waals surface area contributed by atoms with E-state index < -0.39 is 5.97 Å². The highest BCUT2D eigenvalue weighted by molar-refractivity contribution is 6.37. The van der Waals surface area contributed by atoms with Crippen molar-refractivity contribution in [2.75, 3.05) is 0 Å². The van der Waals surface area contributed by atoms with Gasteiger partial charge >= 0.3 is 5.97 Å². The van der Waals surface area contributed by atoms with Crippen molar-refractivity contribution in [2.24, 2.45) is 0 Å². The quantitative estimate of drug-likeness (QED) is 0.506. The van der Waals surface area contributed by atoms with E-state index in [4.69, 9.17) is 11.6 Å². The lowest BCUT2D eigenvalue weighted by molar-refractivity contribution is 0.0698. The fourth-order valence-electron chi connectivity index (χ4n) is 3.35. The Kier molecular flexibility index (Phi) is 6.68. The number of hydrogen-bond acceptors (Lipinski definition) is 2. The maximum absolute atomic E-state index is 13.0. The molecule has 2 N–H and O–H groups in total. The number of amides is 1. The van der Waals surface area contributed by atoms with E-state index in [-0.39, 0.29) is 28.1 Å². The van der Waals surface area contributed by atoms with Crippen LogP contribution < -0.4 is 5.32 Å². The smallest absolute Gasteiger partial charge is 0.337 e. The van der Waals surface area contributed by atoms with Gasteiger partial charge in [-0.1, -0.05) is 91.7 Å². The van der Waals surface area contributed by atoms with Gasteiger partial charge in [-0.2, -0.15) is 0 Å². The summed E-state index contributed by atoms with van der Waals surface area (Å²) in [5.74, 6) is -1.56. The van der Waals surface area contributed by atoms with Crippen LogP contribution in [0.15, 0.2) is 72.8 Å². The normalized spacial score (nSPS) is 11.7. The average molecular weight is 408 g/mol. The number of carboxylic acid groups (broad SMARTS) is 1. The Morgan fingerprint density at radius 1 is 0.966 bits per heavy atom. The van der Waals surface area contributed by atoms with Crippen LogP contribution in [-0.4, -0.2) is 17.0 Å². The van der Waals surface area contributed by atoms with Gasteiger partial charge in [0.15, 0.2) is 0 Å². The lowest BCUT2D eigenvalue weighted by atomic mass is 9.96. The molecule has 0 aliphatic heterocycles. The molecule has 0 aliphatic carbocycles. The van der Waals surface area contributed by atoms with Gasteiger partial charge in [0.25, 0.3) is 5.91 Å². The molecule has 29 heavy (non-hydrogen) atoms. The molecule has 0 spiro atoms. The Hall–Kier alpha value is -3.11. The van der Waals surface area contributed by atoms with Crippen LogP contribution in [0.25, 0.3) is 11.1 Å². The fourth-order valence-corrected chi connectivity index (χ4v) is 3.68. The minimum Gasteiger partial charge on any atom is -0.478 e. The maximum Gasteiger partial charge on any atom is 0.337 e. The predicted molar refractivity (Wildman–Crippen MR) is 115 cm³/mol. The molecule has 0 unspecified atom stereocenters. The molecule has 0 radical (unpaired) electrons. The summed E-state index contributed by atoms with van der Waals surface area (Å²) in [4.78, 5) is 24.9. The number of rotatable bonds is 7. The predicted octanol–water partition coefficient (Wildman–Crippen LogP) is 5.98. The molecule has 0 aromatic heterocycles. The van der Waals surface area contributed by atoms with Crippen LogP contribution in [0.5, 0.6) is 0 Å². The molecule has 5 heteroatoms.